The summed E-state index contributed by atoms with van der Waals surface area (Å²) in [5.74, 6) is -3.63. The van der Waals surface area contributed by atoms with Crippen LogP contribution in [-0.4, -0.2) is 72.3 Å². The van der Waals surface area contributed by atoms with Crippen molar-refractivity contribution in [2.45, 2.75) is 51.2 Å². The van der Waals surface area contributed by atoms with Crippen LogP contribution >= 0.6 is 11.6 Å². The maximum Gasteiger partial charge on any atom is 0.273 e. The van der Waals surface area contributed by atoms with E-state index in [0.717, 1.165) is 0 Å². The molecule has 3 aromatic rings. The highest BCUT2D eigenvalue weighted by Gasteiger charge is 2.34. The fraction of sp³-hybridized carbons (Fsp3) is 0.478. The lowest BCUT2D eigenvalue weighted by Gasteiger charge is -2.30. The number of halogens is 4. The molecule has 0 aliphatic carbocycles. The minimum atomic E-state index is -2.65. The van der Waals surface area contributed by atoms with Crippen molar-refractivity contribution in [3.63, 3.8) is 0 Å². The number of anilines is 1. The van der Waals surface area contributed by atoms with Gasteiger partial charge >= 0.3 is 0 Å². The Bertz CT molecular complexity index is 1260. The zero-order valence-electron chi connectivity index (χ0n) is 20.4. The second-order valence-electron chi connectivity index (χ2n) is 9.04. The summed E-state index contributed by atoms with van der Waals surface area (Å²) < 4.78 is 43.4. The first kappa shape index (κ1) is 27.5. The molecule has 0 spiro atoms. The molecule has 0 saturated carbocycles. The number of benzene rings is 1. The van der Waals surface area contributed by atoms with Crippen molar-refractivity contribution in [2.75, 3.05) is 25.0 Å². The minimum Gasteiger partial charge on any atom is -0.346 e. The van der Waals surface area contributed by atoms with E-state index in [0.29, 0.717) is 36.8 Å². The largest absolute Gasteiger partial charge is 0.346 e. The summed E-state index contributed by atoms with van der Waals surface area (Å²) in [6.07, 6.45) is 4.04. The van der Waals surface area contributed by atoms with Crippen LogP contribution in [0.5, 0.6) is 0 Å². The van der Waals surface area contributed by atoms with Crippen LogP contribution in [0, 0.1) is 5.82 Å². The Balaban J connectivity index is 1.14. The van der Waals surface area contributed by atoms with E-state index in [1.807, 2.05) is 0 Å². The number of amides is 2. The molecule has 38 heavy (non-hydrogen) atoms. The topological polar surface area (TPSA) is 123 Å². The van der Waals surface area contributed by atoms with E-state index in [1.54, 1.807) is 20.5 Å². The zero-order chi connectivity index (χ0) is 27.1. The molecular weight excluding hydrogens is 527 g/mol. The number of aryl methyl sites for hydroxylation is 2. The van der Waals surface area contributed by atoms with E-state index in [1.165, 1.54) is 24.4 Å². The molecule has 2 amide bonds. The van der Waals surface area contributed by atoms with Gasteiger partial charge in [-0.15, -0.1) is 10.2 Å². The maximum atomic E-state index is 13.8. The first-order chi connectivity index (χ1) is 18.2. The third-order valence-corrected chi connectivity index (χ3v) is 6.24. The Morgan fingerprint density at radius 3 is 2.45 bits per heavy atom. The fourth-order valence-corrected chi connectivity index (χ4v) is 4.09. The van der Waals surface area contributed by atoms with Gasteiger partial charge in [0.05, 0.1) is 18.9 Å². The molecule has 3 heterocycles. The van der Waals surface area contributed by atoms with Crippen molar-refractivity contribution in [1.29, 1.82) is 0 Å². The molecule has 0 atom stereocenters. The van der Waals surface area contributed by atoms with Gasteiger partial charge in [-0.1, -0.05) is 22.0 Å². The minimum absolute atomic E-state index is 0.0261. The number of unbranched alkanes of at least 4 members (excludes halogenated alkanes) is 1. The number of hydrogen-bond donors (Lipinski definition) is 2. The quantitative estimate of drug-likeness (QED) is 0.350. The Morgan fingerprint density at radius 2 is 1.71 bits per heavy atom. The summed E-state index contributed by atoms with van der Waals surface area (Å²) in [6, 6.07) is 4.11. The van der Waals surface area contributed by atoms with Gasteiger partial charge in [-0.05, 0) is 31.0 Å². The van der Waals surface area contributed by atoms with Crippen LogP contribution in [0.4, 0.5) is 19.0 Å². The second-order valence-corrected chi connectivity index (χ2v) is 9.48. The molecule has 0 unspecified atom stereocenters. The fourth-order valence-electron chi connectivity index (χ4n) is 3.89. The van der Waals surface area contributed by atoms with Crippen molar-refractivity contribution in [3.05, 3.63) is 52.7 Å². The lowest BCUT2D eigenvalue weighted by Crippen LogP contribution is -2.43. The molecule has 2 aromatic heterocycles. The molecule has 1 aromatic carbocycles. The van der Waals surface area contributed by atoms with Gasteiger partial charge in [0.1, 0.15) is 5.82 Å². The standard InChI is InChI=1S/C23H27ClF3N9O2/c24-17-3-4-18(25)16(11-17)12-28-22(38)19-13-35(32-30-19)7-1-2-8-36-14-20(31-33-36)29-21(37)15-34-9-5-23(26,27)6-10-34/h3-4,11,13-14H,1-2,5-10,12,15H2,(H,28,38)(H,29,37). The third kappa shape index (κ3) is 7.99. The van der Waals surface area contributed by atoms with Gasteiger partial charge in [-0.25, -0.2) is 13.2 Å². The highest BCUT2D eigenvalue weighted by Crippen LogP contribution is 2.27. The van der Waals surface area contributed by atoms with Gasteiger partial charge in [0.15, 0.2) is 11.5 Å². The van der Waals surface area contributed by atoms with Crippen LogP contribution in [-0.2, 0) is 24.4 Å². The molecule has 1 saturated heterocycles. The van der Waals surface area contributed by atoms with Crippen molar-refractivity contribution < 1.29 is 22.8 Å². The number of carbonyl (C=O) groups is 2. The van der Waals surface area contributed by atoms with Gasteiger partial charge < -0.3 is 10.6 Å². The van der Waals surface area contributed by atoms with Crippen molar-refractivity contribution in [2.24, 2.45) is 0 Å². The molecule has 204 valence electrons. The van der Waals surface area contributed by atoms with E-state index in [2.05, 4.69) is 31.3 Å². The predicted octanol–water partition coefficient (Wildman–Crippen LogP) is 2.74. The SMILES string of the molecule is O=C(CN1CCC(F)(F)CC1)Nc1cn(CCCCn2cc(C(=O)NCc3cc(Cl)ccc3F)nn2)nn1. The number of hydrogen-bond acceptors (Lipinski definition) is 7. The summed E-state index contributed by atoms with van der Waals surface area (Å²) in [5.41, 5.74) is 0.380. The Hall–Kier alpha value is -3.52. The number of carbonyl (C=O) groups excluding carboxylic acids is 2. The summed E-state index contributed by atoms with van der Waals surface area (Å²) in [5, 5.41) is 21.3. The van der Waals surface area contributed by atoms with E-state index >= 15 is 0 Å². The van der Waals surface area contributed by atoms with Crippen molar-refractivity contribution in [3.8, 4) is 0 Å². The molecule has 11 nitrogen and oxygen atoms in total. The summed E-state index contributed by atoms with van der Waals surface area (Å²) in [4.78, 5) is 26.2. The second kappa shape index (κ2) is 12.3. The number of aromatic nitrogens is 6. The summed E-state index contributed by atoms with van der Waals surface area (Å²) >= 11 is 5.86. The third-order valence-electron chi connectivity index (χ3n) is 6.00. The average molecular weight is 554 g/mol. The lowest BCUT2D eigenvalue weighted by atomic mass is 10.1. The summed E-state index contributed by atoms with van der Waals surface area (Å²) in [6.45, 7) is 1.39. The van der Waals surface area contributed by atoms with Crippen LogP contribution in [0.3, 0.4) is 0 Å². The van der Waals surface area contributed by atoms with Gasteiger partial charge in [-0.2, -0.15) is 0 Å². The van der Waals surface area contributed by atoms with Gasteiger partial charge in [0.2, 0.25) is 5.91 Å². The number of alkyl halides is 2. The van der Waals surface area contributed by atoms with Crippen LogP contribution in [0.1, 0.15) is 41.7 Å². The molecule has 1 aliphatic rings. The van der Waals surface area contributed by atoms with E-state index in [-0.39, 0.29) is 56.2 Å². The highest BCUT2D eigenvalue weighted by molar-refractivity contribution is 6.30. The molecule has 2 N–H and O–H groups in total. The van der Waals surface area contributed by atoms with Crippen LogP contribution in [0.15, 0.2) is 30.6 Å². The normalized spacial score (nSPS) is 15.4. The first-order valence-corrected chi connectivity index (χ1v) is 12.5. The lowest BCUT2D eigenvalue weighted by molar-refractivity contribution is -0.119. The smallest absolute Gasteiger partial charge is 0.273 e. The predicted molar refractivity (Wildman–Crippen MR) is 131 cm³/mol. The molecular formula is C23H27ClF3N9O2. The molecule has 0 bridgehead atoms. The van der Waals surface area contributed by atoms with Crippen molar-refractivity contribution >= 4 is 29.2 Å². The average Bonchev–Trinajstić information content (AvgIpc) is 3.53. The number of likely N-dealkylation sites (tertiary alicyclic amines) is 1. The van der Waals surface area contributed by atoms with Crippen LogP contribution < -0.4 is 10.6 Å². The van der Waals surface area contributed by atoms with Gasteiger partial charge in [0.25, 0.3) is 11.8 Å². The molecule has 4 rings (SSSR count). The molecule has 1 aliphatic heterocycles. The van der Waals surface area contributed by atoms with E-state index < -0.39 is 17.6 Å². The van der Waals surface area contributed by atoms with E-state index in [9.17, 15) is 22.8 Å². The molecule has 1 fully saturated rings. The summed E-state index contributed by atoms with van der Waals surface area (Å²) in [7, 11) is 0. The van der Waals surface area contributed by atoms with Crippen LogP contribution in [0.25, 0.3) is 0 Å². The Labute approximate surface area is 221 Å². The van der Waals surface area contributed by atoms with Gasteiger partial charge in [-0.3, -0.25) is 23.9 Å². The Kier molecular flexibility index (Phi) is 8.94. The molecule has 15 heteroatoms. The number of piperidine rings is 1. The highest BCUT2D eigenvalue weighted by atomic mass is 35.5. The first-order valence-electron chi connectivity index (χ1n) is 12.1. The van der Waals surface area contributed by atoms with Crippen LogP contribution in [0.2, 0.25) is 5.02 Å². The number of nitrogens with one attached hydrogen (secondary N) is 2. The molecule has 0 radical (unpaired) electrons. The van der Waals surface area contributed by atoms with E-state index in [4.69, 9.17) is 11.6 Å². The maximum absolute atomic E-state index is 13.8. The zero-order valence-corrected chi connectivity index (χ0v) is 21.2. The monoisotopic (exact) mass is 553 g/mol. The number of nitrogens with zero attached hydrogens (tertiary/aromatic N) is 7. The van der Waals surface area contributed by atoms with Gasteiger partial charge in [0, 0.05) is 56.2 Å². The Morgan fingerprint density at radius 1 is 1.03 bits per heavy atom. The number of rotatable bonds is 11. The van der Waals surface area contributed by atoms with Crippen molar-refractivity contribution in [1.82, 2.24) is 40.2 Å².